The minimum absolute atomic E-state index is 0.0384. The smallest absolute Gasteiger partial charge is 0.266 e. The van der Waals surface area contributed by atoms with Crippen molar-refractivity contribution in [1.29, 1.82) is 0 Å². The van der Waals surface area contributed by atoms with Crippen LogP contribution in [0, 0.1) is 0 Å². The van der Waals surface area contributed by atoms with Gasteiger partial charge in [0, 0.05) is 31.2 Å². The molecule has 9 heteroatoms. The fourth-order valence-corrected chi connectivity index (χ4v) is 2.61. The maximum absolute atomic E-state index is 12.2. The maximum atomic E-state index is 12.2. The van der Waals surface area contributed by atoms with Crippen molar-refractivity contribution in [2.75, 3.05) is 10.1 Å². The fourth-order valence-electron chi connectivity index (χ4n) is 1.50. The summed E-state index contributed by atoms with van der Waals surface area (Å²) in [5.41, 5.74) is 2.58. The molecule has 0 aliphatic carbocycles. The molecule has 0 bridgehead atoms. The Morgan fingerprint density at radius 1 is 1.42 bits per heavy atom. The second kappa shape index (κ2) is 5.24. The molecule has 0 saturated heterocycles. The number of aryl methyl sites for hydroxylation is 1. The molecule has 2 aromatic heterocycles. The van der Waals surface area contributed by atoms with Crippen LogP contribution in [-0.4, -0.2) is 23.2 Å². The van der Waals surface area contributed by atoms with Gasteiger partial charge in [0.2, 0.25) is 0 Å². The summed E-state index contributed by atoms with van der Waals surface area (Å²) in [7, 11) is -3.78. The number of pyridine rings is 1. The first-order chi connectivity index (χ1) is 9.06. The number of hydrogen-bond donors (Lipinski definition) is 3. The average molecular weight is 282 g/mol. The second-order valence-electron chi connectivity index (χ2n) is 3.68. The predicted molar refractivity (Wildman–Crippen MR) is 70.8 cm³/mol. The third kappa shape index (κ3) is 2.83. The first-order valence-corrected chi connectivity index (χ1v) is 7.02. The Kier molecular flexibility index (Phi) is 3.67. The molecule has 0 atom stereocenters. The highest BCUT2D eigenvalue weighted by molar-refractivity contribution is 7.92. The largest absolute Gasteiger partial charge is 0.323 e. The molecule has 0 aliphatic rings. The molecule has 0 saturated carbocycles. The highest BCUT2D eigenvalue weighted by atomic mass is 32.2. The van der Waals surface area contributed by atoms with Crippen LogP contribution >= 0.6 is 0 Å². The normalized spacial score (nSPS) is 11.3. The summed E-state index contributed by atoms with van der Waals surface area (Å²) in [4.78, 5) is 3.74. The summed E-state index contributed by atoms with van der Waals surface area (Å²) < 4.78 is 28.3. The zero-order valence-corrected chi connectivity index (χ0v) is 11.1. The van der Waals surface area contributed by atoms with E-state index in [1.807, 2.05) is 6.92 Å². The van der Waals surface area contributed by atoms with Crippen LogP contribution in [0.15, 0.2) is 35.6 Å². The van der Waals surface area contributed by atoms with Gasteiger partial charge in [-0.1, -0.05) is 0 Å². The van der Waals surface area contributed by atoms with E-state index >= 15 is 0 Å². The van der Waals surface area contributed by atoms with Crippen molar-refractivity contribution in [2.45, 2.75) is 18.4 Å². The molecule has 2 aromatic rings. The maximum Gasteiger partial charge on any atom is 0.266 e. The zero-order valence-electron chi connectivity index (χ0n) is 10.2. The van der Waals surface area contributed by atoms with E-state index in [0.29, 0.717) is 6.54 Å². The lowest BCUT2D eigenvalue weighted by Gasteiger charge is -2.09. The van der Waals surface area contributed by atoms with E-state index in [2.05, 4.69) is 20.2 Å². The molecular weight excluding hydrogens is 268 g/mol. The number of sulfonamides is 1. The Balaban J connectivity index is 2.32. The minimum Gasteiger partial charge on any atom is -0.323 e. The van der Waals surface area contributed by atoms with Crippen LogP contribution in [0.25, 0.3) is 0 Å². The Bertz CT molecular complexity index is 666. The molecule has 19 heavy (non-hydrogen) atoms. The number of anilines is 2. The lowest BCUT2D eigenvalue weighted by molar-refractivity contribution is 0.600. The lowest BCUT2D eigenvalue weighted by atomic mass is 10.4. The highest BCUT2D eigenvalue weighted by Crippen LogP contribution is 2.20. The fraction of sp³-hybridized carbons (Fsp3) is 0.200. The van der Waals surface area contributed by atoms with Crippen LogP contribution in [0.1, 0.15) is 6.92 Å². The number of hydrogen-bond acceptors (Lipinski definition) is 6. The van der Waals surface area contributed by atoms with E-state index < -0.39 is 10.0 Å². The standard InChI is InChI=1S/C10H14N6O2S/c1-2-16-6-4-10(14-16)15-19(17,18)9-7-12-5-3-8(9)13-11/h3-7H,2,11H2,1H3,(H,12,13)(H,14,15). The Hall–Kier alpha value is -2.13. The van der Waals surface area contributed by atoms with E-state index in [9.17, 15) is 8.42 Å². The number of nitrogens with one attached hydrogen (secondary N) is 2. The molecule has 0 spiro atoms. The van der Waals surface area contributed by atoms with Gasteiger partial charge in [-0.05, 0) is 13.0 Å². The molecule has 8 nitrogen and oxygen atoms in total. The highest BCUT2D eigenvalue weighted by Gasteiger charge is 2.19. The van der Waals surface area contributed by atoms with Gasteiger partial charge < -0.3 is 5.43 Å². The van der Waals surface area contributed by atoms with Gasteiger partial charge in [0.15, 0.2) is 5.82 Å². The molecule has 0 radical (unpaired) electrons. The van der Waals surface area contributed by atoms with Crippen LogP contribution in [0.2, 0.25) is 0 Å². The molecule has 4 N–H and O–H groups in total. The van der Waals surface area contributed by atoms with Crippen molar-refractivity contribution in [1.82, 2.24) is 14.8 Å². The summed E-state index contributed by atoms with van der Waals surface area (Å²) in [5.74, 6) is 5.52. The number of rotatable bonds is 5. The number of nitrogens with two attached hydrogens (primary N) is 1. The quantitative estimate of drug-likeness (QED) is 0.539. The van der Waals surface area contributed by atoms with Gasteiger partial charge in [0.05, 0.1) is 5.69 Å². The summed E-state index contributed by atoms with van der Waals surface area (Å²) in [5, 5.41) is 4.05. The van der Waals surface area contributed by atoms with Gasteiger partial charge in [0.1, 0.15) is 4.90 Å². The monoisotopic (exact) mass is 282 g/mol. The summed E-state index contributed by atoms with van der Waals surface area (Å²) in [6.07, 6.45) is 4.34. The third-order valence-corrected chi connectivity index (χ3v) is 3.82. The van der Waals surface area contributed by atoms with E-state index in [1.54, 1.807) is 16.9 Å². The van der Waals surface area contributed by atoms with Crippen molar-refractivity contribution < 1.29 is 8.42 Å². The Morgan fingerprint density at radius 2 is 2.21 bits per heavy atom. The van der Waals surface area contributed by atoms with Gasteiger partial charge in [0.25, 0.3) is 10.0 Å². The molecule has 0 aliphatic heterocycles. The van der Waals surface area contributed by atoms with Gasteiger partial charge >= 0.3 is 0 Å². The number of hydrazine groups is 1. The van der Waals surface area contributed by atoms with Crippen LogP contribution in [0.4, 0.5) is 11.5 Å². The topological polar surface area (TPSA) is 115 Å². The van der Waals surface area contributed by atoms with Crippen molar-refractivity contribution in [3.63, 3.8) is 0 Å². The number of aromatic nitrogens is 3. The molecule has 102 valence electrons. The molecule has 0 aromatic carbocycles. The molecule has 2 heterocycles. The van der Waals surface area contributed by atoms with Crippen LogP contribution in [0.3, 0.4) is 0 Å². The second-order valence-corrected chi connectivity index (χ2v) is 5.33. The first-order valence-electron chi connectivity index (χ1n) is 5.53. The van der Waals surface area contributed by atoms with Crippen molar-refractivity contribution in [3.05, 3.63) is 30.7 Å². The Morgan fingerprint density at radius 3 is 2.84 bits per heavy atom. The average Bonchev–Trinajstić information content (AvgIpc) is 2.85. The summed E-state index contributed by atoms with van der Waals surface area (Å²) >= 11 is 0. The van der Waals surface area contributed by atoms with Crippen LogP contribution in [0.5, 0.6) is 0 Å². The molecule has 0 amide bonds. The van der Waals surface area contributed by atoms with Crippen LogP contribution < -0.4 is 16.0 Å². The van der Waals surface area contributed by atoms with E-state index in [-0.39, 0.29) is 16.4 Å². The van der Waals surface area contributed by atoms with Crippen molar-refractivity contribution >= 4 is 21.5 Å². The van der Waals surface area contributed by atoms with Gasteiger partial charge in [-0.25, -0.2) is 8.42 Å². The Labute approximate surface area is 110 Å². The third-order valence-electron chi connectivity index (χ3n) is 2.43. The first kappa shape index (κ1) is 13.3. The molecule has 0 fully saturated rings. The molecule has 0 unspecified atom stereocenters. The van der Waals surface area contributed by atoms with Crippen molar-refractivity contribution in [2.24, 2.45) is 5.84 Å². The van der Waals surface area contributed by atoms with Gasteiger partial charge in [-0.15, -0.1) is 0 Å². The SMILES string of the molecule is CCn1ccc(NS(=O)(=O)c2cnccc2NN)n1. The van der Waals surface area contributed by atoms with Gasteiger partial charge in [-0.2, -0.15) is 5.10 Å². The lowest BCUT2D eigenvalue weighted by Crippen LogP contribution is -2.18. The minimum atomic E-state index is -3.78. The summed E-state index contributed by atoms with van der Waals surface area (Å²) in [6, 6.07) is 3.05. The molecular formula is C10H14N6O2S. The van der Waals surface area contributed by atoms with E-state index in [4.69, 9.17) is 5.84 Å². The zero-order chi connectivity index (χ0) is 13.9. The number of nitrogen functional groups attached to an aromatic ring is 1. The number of nitrogens with zero attached hydrogens (tertiary/aromatic N) is 3. The van der Waals surface area contributed by atoms with Crippen molar-refractivity contribution in [3.8, 4) is 0 Å². The summed E-state index contributed by atoms with van der Waals surface area (Å²) in [6.45, 7) is 2.56. The van der Waals surface area contributed by atoms with E-state index in [0.717, 1.165) is 0 Å². The van der Waals surface area contributed by atoms with Crippen LogP contribution in [-0.2, 0) is 16.6 Å². The van der Waals surface area contributed by atoms with Gasteiger partial charge in [-0.3, -0.25) is 20.2 Å². The predicted octanol–water partition coefficient (Wildman–Crippen LogP) is 0.384. The molecule has 2 rings (SSSR count). The van der Waals surface area contributed by atoms with E-state index in [1.165, 1.54) is 18.5 Å².